The Kier molecular flexibility index (Phi) is 4.79. The number of carbonyl (C=O) groups is 1. The molecule has 2 heterocycles. The molecule has 4 rings (SSSR count). The summed E-state index contributed by atoms with van der Waals surface area (Å²) >= 11 is 0. The van der Waals surface area contributed by atoms with Crippen LogP contribution in [0.3, 0.4) is 0 Å². The number of fused-ring (bicyclic) bond motifs is 1. The zero-order valence-corrected chi connectivity index (χ0v) is 14.9. The van der Waals surface area contributed by atoms with Crippen LogP contribution in [-0.2, 0) is 17.7 Å². The molecule has 2 aliphatic rings. The zero-order chi connectivity index (χ0) is 17.9. The van der Waals surface area contributed by atoms with E-state index in [1.54, 1.807) is 13.3 Å². The quantitative estimate of drug-likeness (QED) is 0.864. The standard InChI is InChI=1S/C19H24N4O3/c1-25-18-6-2-5-15-16(18)7-8-17(15)22-19(24)21-13-10-20-23(11-13)12-14-4-3-9-26-14/h2,5-6,10-11,14,17H,3-4,7-9,12H2,1H3,(H2,21,22,24). The number of amides is 2. The molecular formula is C19H24N4O3. The second kappa shape index (κ2) is 7.37. The van der Waals surface area contributed by atoms with Crippen LogP contribution in [-0.4, -0.2) is 35.6 Å². The first-order valence-electron chi connectivity index (χ1n) is 9.10. The number of carbonyl (C=O) groups excluding carboxylic acids is 1. The van der Waals surface area contributed by atoms with Crippen LogP contribution in [0.2, 0.25) is 0 Å². The van der Waals surface area contributed by atoms with E-state index in [2.05, 4.69) is 21.8 Å². The Labute approximate surface area is 152 Å². The number of urea groups is 1. The molecule has 1 aromatic carbocycles. The highest BCUT2D eigenvalue weighted by molar-refractivity contribution is 5.89. The normalized spacial score (nSPS) is 21.4. The molecule has 1 saturated heterocycles. The maximum absolute atomic E-state index is 12.4. The van der Waals surface area contributed by atoms with Crippen molar-refractivity contribution in [3.8, 4) is 5.75 Å². The van der Waals surface area contributed by atoms with Crippen molar-refractivity contribution in [3.63, 3.8) is 0 Å². The average molecular weight is 356 g/mol. The maximum Gasteiger partial charge on any atom is 0.319 e. The predicted molar refractivity (Wildman–Crippen MR) is 97.4 cm³/mol. The molecule has 2 aromatic rings. The van der Waals surface area contributed by atoms with Crippen LogP contribution in [0.15, 0.2) is 30.6 Å². The van der Waals surface area contributed by atoms with Crippen molar-refractivity contribution in [1.29, 1.82) is 0 Å². The number of aromatic nitrogens is 2. The lowest BCUT2D eigenvalue weighted by molar-refractivity contribution is 0.0940. The van der Waals surface area contributed by atoms with E-state index < -0.39 is 0 Å². The van der Waals surface area contributed by atoms with Gasteiger partial charge in [-0.05, 0) is 42.9 Å². The molecule has 1 aliphatic carbocycles. The SMILES string of the molecule is COc1cccc2c1CCC2NC(=O)Nc1cnn(CC2CCCO2)c1. The van der Waals surface area contributed by atoms with Gasteiger partial charge in [0.1, 0.15) is 5.75 Å². The lowest BCUT2D eigenvalue weighted by Gasteiger charge is -2.15. The highest BCUT2D eigenvalue weighted by Gasteiger charge is 2.26. The average Bonchev–Trinajstić information content (AvgIpc) is 3.38. The van der Waals surface area contributed by atoms with Crippen molar-refractivity contribution in [2.45, 2.75) is 44.4 Å². The van der Waals surface area contributed by atoms with Crippen LogP contribution >= 0.6 is 0 Å². The first kappa shape index (κ1) is 16.9. The molecule has 138 valence electrons. The highest BCUT2D eigenvalue weighted by Crippen LogP contribution is 2.36. The summed E-state index contributed by atoms with van der Waals surface area (Å²) in [6, 6.07) is 5.76. The van der Waals surface area contributed by atoms with Crippen LogP contribution in [0.25, 0.3) is 0 Å². The molecule has 1 aliphatic heterocycles. The minimum absolute atomic E-state index is 0.00188. The van der Waals surface area contributed by atoms with Gasteiger partial charge in [0.2, 0.25) is 0 Å². The third kappa shape index (κ3) is 3.53. The number of methoxy groups -OCH3 is 1. The number of hydrogen-bond acceptors (Lipinski definition) is 4. The van der Waals surface area contributed by atoms with E-state index in [-0.39, 0.29) is 18.2 Å². The summed E-state index contributed by atoms with van der Waals surface area (Å²) in [5.41, 5.74) is 3.00. The fraction of sp³-hybridized carbons (Fsp3) is 0.474. The largest absolute Gasteiger partial charge is 0.496 e. The Bertz CT molecular complexity index is 783. The molecule has 7 heteroatoms. The van der Waals surface area contributed by atoms with E-state index in [9.17, 15) is 4.79 Å². The number of ether oxygens (including phenoxy) is 2. The van der Waals surface area contributed by atoms with Crippen LogP contribution < -0.4 is 15.4 Å². The van der Waals surface area contributed by atoms with E-state index >= 15 is 0 Å². The number of hydrogen-bond donors (Lipinski definition) is 2. The summed E-state index contributed by atoms with van der Waals surface area (Å²) in [6.07, 6.45) is 7.68. The first-order valence-corrected chi connectivity index (χ1v) is 9.10. The molecule has 26 heavy (non-hydrogen) atoms. The molecule has 0 saturated carbocycles. The number of benzene rings is 1. The molecule has 1 fully saturated rings. The highest BCUT2D eigenvalue weighted by atomic mass is 16.5. The third-order valence-electron chi connectivity index (χ3n) is 5.06. The van der Waals surface area contributed by atoms with Crippen LogP contribution in [0, 0.1) is 0 Å². The van der Waals surface area contributed by atoms with Gasteiger partial charge in [-0.2, -0.15) is 5.10 Å². The van der Waals surface area contributed by atoms with Crippen molar-refractivity contribution in [2.75, 3.05) is 19.0 Å². The Hall–Kier alpha value is -2.54. The predicted octanol–water partition coefficient (Wildman–Crippen LogP) is 2.88. The third-order valence-corrected chi connectivity index (χ3v) is 5.06. The summed E-state index contributed by atoms with van der Waals surface area (Å²) in [5.74, 6) is 0.891. The van der Waals surface area contributed by atoms with Crippen molar-refractivity contribution in [3.05, 3.63) is 41.7 Å². The minimum Gasteiger partial charge on any atom is -0.496 e. The summed E-state index contributed by atoms with van der Waals surface area (Å²) in [4.78, 5) is 12.4. The van der Waals surface area contributed by atoms with E-state index in [4.69, 9.17) is 9.47 Å². The van der Waals surface area contributed by atoms with Crippen molar-refractivity contribution >= 4 is 11.7 Å². The Morgan fingerprint density at radius 3 is 3.15 bits per heavy atom. The fourth-order valence-corrected chi connectivity index (χ4v) is 3.81. The van der Waals surface area contributed by atoms with E-state index in [0.29, 0.717) is 5.69 Å². The molecule has 2 N–H and O–H groups in total. The molecular weight excluding hydrogens is 332 g/mol. The second-order valence-corrected chi connectivity index (χ2v) is 6.80. The van der Waals surface area contributed by atoms with Crippen LogP contribution in [0.5, 0.6) is 5.75 Å². The maximum atomic E-state index is 12.4. The molecule has 0 spiro atoms. The number of rotatable bonds is 5. The van der Waals surface area contributed by atoms with Crippen LogP contribution in [0.1, 0.15) is 36.4 Å². The number of nitrogens with zero attached hydrogens (tertiary/aromatic N) is 2. The van der Waals surface area contributed by atoms with Gasteiger partial charge in [-0.3, -0.25) is 4.68 Å². The second-order valence-electron chi connectivity index (χ2n) is 6.80. The smallest absolute Gasteiger partial charge is 0.319 e. The van der Waals surface area contributed by atoms with E-state index in [1.165, 1.54) is 5.56 Å². The summed E-state index contributed by atoms with van der Waals surface area (Å²) < 4.78 is 12.9. The van der Waals surface area contributed by atoms with Gasteiger partial charge in [-0.15, -0.1) is 0 Å². The van der Waals surface area contributed by atoms with Gasteiger partial charge >= 0.3 is 6.03 Å². The molecule has 0 bridgehead atoms. The van der Waals surface area contributed by atoms with Gasteiger partial charge < -0.3 is 20.1 Å². The zero-order valence-electron chi connectivity index (χ0n) is 14.9. The lowest BCUT2D eigenvalue weighted by atomic mass is 10.1. The van der Waals surface area contributed by atoms with Gasteiger partial charge in [0, 0.05) is 12.8 Å². The molecule has 7 nitrogen and oxygen atoms in total. The molecule has 2 atom stereocenters. The minimum atomic E-state index is -0.220. The lowest BCUT2D eigenvalue weighted by Crippen LogP contribution is -2.31. The van der Waals surface area contributed by atoms with Crippen LogP contribution in [0.4, 0.5) is 10.5 Å². The topological polar surface area (TPSA) is 77.4 Å². The summed E-state index contributed by atoms with van der Waals surface area (Å²) in [5, 5.41) is 10.2. The molecule has 0 radical (unpaired) electrons. The summed E-state index contributed by atoms with van der Waals surface area (Å²) in [6.45, 7) is 1.55. The Morgan fingerprint density at radius 2 is 2.35 bits per heavy atom. The van der Waals surface area contributed by atoms with E-state index in [0.717, 1.165) is 50.1 Å². The van der Waals surface area contributed by atoms with Crippen molar-refractivity contribution in [1.82, 2.24) is 15.1 Å². The van der Waals surface area contributed by atoms with Gasteiger partial charge in [-0.25, -0.2) is 4.79 Å². The fourth-order valence-electron chi connectivity index (χ4n) is 3.81. The van der Waals surface area contributed by atoms with Gasteiger partial charge in [-0.1, -0.05) is 12.1 Å². The molecule has 2 unspecified atom stereocenters. The number of nitrogens with one attached hydrogen (secondary N) is 2. The van der Waals surface area contributed by atoms with Gasteiger partial charge in [0.15, 0.2) is 0 Å². The van der Waals surface area contributed by atoms with Crippen molar-refractivity contribution < 1.29 is 14.3 Å². The van der Waals surface area contributed by atoms with Crippen molar-refractivity contribution in [2.24, 2.45) is 0 Å². The first-order chi connectivity index (χ1) is 12.7. The Morgan fingerprint density at radius 1 is 1.42 bits per heavy atom. The van der Waals surface area contributed by atoms with Gasteiger partial charge in [0.05, 0.1) is 37.7 Å². The summed E-state index contributed by atoms with van der Waals surface area (Å²) in [7, 11) is 1.68. The molecule has 1 aromatic heterocycles. The van der Waals surface area contributed by atoms with Gasteiger partial charge in [0.25, 0.3) is 0 Å². The van der Waals surface area contributed by atoms with E-state index in [1.807, 2.05) is 23.0 Å². The monoisotopic (exact) mass is 356 g/mol. The molecule has 2 amide bonds. The Balaban J connectivity index is 1.35. The number of anilines is 1.